The smallest absolute Gasteiger partial charge is 0.388 e. The second-order valence-electron chi connectivity index (χ2n) is 11.5. The molecular formula is C36H57BO. The maximum Gasteiger partial charge on any atom is 0.388 e. The summed E-state index contributed by atoms with van der Waals surface area (Å²) in [5, 5.41) is 0. The SMILES string of the molecule is C/C=C/C.C=C(/C=C\C)c1ccc(B(C)Oc2ccc(C(C)(C)C)cc2C(C)(C)C)cc1.C=C(C)C.CC. The summed E-state index contributed by atoms with van der Waals surface area (Å²) in [5.74, 6) is 0.968. The van der Waals surface area contributed by atoms with Crippen LogP contribution in [0.25, 0.3) is 5.57 Å². The Bertz CT molecular complexity index is 1000. The first-order valence-corrected chi connectivity index (χ1v) is 14.0. The van der Waals surface area contributed by atoms with Crippen molar-refractivity contribution in [2.75, 3.05) is 0 Å². The lowest BCUT2D eigenvalue weighted by Crippen LogP contribution is -2.34. The number of benzene rings is 2. The lowest BCUT2D eigenvalue weighted by molar-refractivity contribution is 0.516. The van der Waals surface area contributed by atoms with E-state index >= 15 is 0 Å². The maximum atomic E-state index is 6.44. The lowest BCUT2D eigenvalue weighted by Gasteiger charge is -2.28. The third kappa shape index (κ3) is 14.9. The highest BCUT2D eigenvalue weighted by Gasteiger charge is 2.25. The molecule has 0 heterocycles. The topological polar surface area (TPSA) is 9.23 Å². The summed E-state index contributed by atoms with van der Waals surface area (Å²) in [6.07, 6.45) is 8.04. The lowest BCUT2D eigenvalue weighted by atomic mass is 9.63. The van der Waals surface area contributed by atoms with E-state index in [1.54, 1.807) is 0 Å². The van der Waals surface area contributed by atoms with Crippen LogP contribution in [0.5, 0.6) is 5.75 Å². The molecule has 0 aromatic heterocycles. The van der Waals surface area contributed by atoms with Crippen LogP contribution >= 0.6 is 0 Å². The van der Waals surface area contributed by atoms with E-state index in [0.29, 0.717) is 0 Å². The van der Waals surface area contributed by atoms with Crippen molar-refractivity contribution in [3.05, 3.63) is 102 Å². The Morgan fingerprint density at radius 3 is 1.61 bits per heavy atom. The summed E-state index contributed by atoms with van der Waals surface area (Å²) in [6, 6.07) is 15.1. The molecular weight excluding hydrogens is 459 g/mol. The zero-order valence-electron chi connectivity index (χ0n) is 27.3. The highest BCUT2D eigenvalue weighted by molar-refractivity contribution is 6.66. The average Bonchev–Trinajstić information content (AvgIpc) is 2.84. The van der Waals surface area contributed by atoms with Gasteiger partial charge in [0, 0.05) is 0 Å². The van der Waals surface area contributed by atoms with Gasteiger partial charge >= 0.3 is 6.92 Å². The minimum atomic E-state index is -0.0226. The molecule has 0 saturated carbocycles. The van der Waals surface area contributed by atoms with E-state index in [1.165, 1.54) is 16.7 Å². The summed E-state index contributed by atoms with van der Waals surface area (Å²) in [6.45, 7) is 37.2. The summed E-state index contributed by atoms with van der Waals surface area (Å²) in [4.78, 5) is 0. The monoisotopic (exact) mass is 516 g/mol. The zero-order valence-corrected chi connectivity index (χ0v) is 27.3. The highest BCUT2D eigenvalue weighted by atomic mass is 16.4. The van der Waals surface area contributed by atoms with Crippen molar-refractivity contribution in [1.29, 1.82) is 0 Å². The van der Waals surface area contributed by atoms with Crippen molar-refractivity contribution in [1.82, 2.24) is 0 Å². The summed E-state index contributed by atoms with van der Waals surface area (Å²) >= 11 is 0. The van der Waals surface area contributed by atoms with Crippen LogP contribution in [0.3, 0.4) is 0 Å². The molecule has 0 aliphatic rings. The molecule has 0 fully saturated rings. The van der Waals surface area contributed by atoms with Gasteiger partial charge in [-0.1, -0.05) is 128 Å². The molecule has 210 valence electrons. The van der Waals surface area contributed by atoms with Gasteiger partial charge in [0.05, 0.1) is 0 Å². The van der Waals surface area contributed by atoms with Gasteiger partial charge in [-0.3, -0.25) is 0 Å². The van der Waals surface area contributed by atoms with Crippen LogP contribution in [0.2, 0.25) is 6.82 Å². The molecule has 2 aromatic carbocycles. The van der Waals surface area contributed by atoms with E-state index in [4.69, 9.17) is 4.65 Å². The predicted octanol–water partition coefficient (Wildman–Crippen LogP) is 11.0. The van der Waals surface area contributed by atoms with Crippen LogP contribution in [0, 0.1) is 0 Å². The van der Waals surface area contributed by atoms with Crippen molar-refractivity contribution < 1.29 is 4.65 Å². The quantitative estimate of drug-likeness (QED) is 0.218. The van der Waals surface area contributed by atoms with E-state index in [0.717, 1.165) is 22.3 Å². The third-order valence-electron chi connectivity index (χ3n) is 5.41. The van der Waals surface area contributed by atoms with Crippen LogP contribution in [-0.4, -0.2) is 6.92 Å². The molecule has 0 amide bonds. The molecule has 1 nitrogen and oxygen atoms in total. The van der Waals surface area contributed by atoms with Gasteiger partial charge in [0.25, 0.3) is 0 Å². The van der Waals surface area contributed by atoms with Crippen LogP contribution in [0.1, 0.15) is 107 Å². The van der Waals surface area contributed by atoms with Crippen molar-refractivity contribution in [3.63, 3.8) is 0 Å². The van der Waals surface area contributed by atoms with Crippen LogP contribution in [0.4, 0.5) is 0 Å². The molecule has 0 unspecified atom stereocenters. The van der Waals surface area contributed by atoms with Gasteiger partial charge in [0.1, 0.15) is 5.75 Å². The van der Waals surface area contributed by atoms with E-state index < -0.39 is 0 Å². The Kier molecular flexibility index (Phi) is 18.2. The molecule has 2 aromatic rings. The zero-order chi connectivity index (χ0) is 30.1. The largest absolute Gasteiger partial charge is 0.556 e. The standard InChI is InChI=1S/C26H35BO.2C4H8.C2H6/c1-10-11-19(2)20-12-15-22(16-13-20)27(9)28-24-17-14-21(25(3,4)5)18-23(24)26(6,7)8;1-4(2)3;1-3-4-2;1-2/h10-18H,2H2,1,3-9H3;1H2,2-3H3;3-4H,1-2H3;1-2H3/b11-10-;;4-3+;. The van der Waals surface area contributed by atoms with Gasteiger partial charge in [-0.05, 0) is 86.1 Å². The van der Waals surface area contributed by atoms with Crippen LogP contribution in [-0.2, 0) is 10.8 Å². The van der Waals surface area contributed by atoms with Crippen LogP contribution < -0.4 is 10.1 Å². The second kappa shape index (κ2) is 18.5. The van der Waals surface area contributed by atoms with Gasteiger partial charge < -0.3 is 4.65 Å². The molecule has 0 atom stereocenters. The molecule has 0 radical (unpaired) electrons. The van der Waals surface area contributed by atoms with Crippen molar-refractivity contribution in [2.24, 2.45) is 0 Å². The highest BCUT2D eigenvalue weighted by Crippen LogP contribution is 2.35. The molecule has 0 aliphatic carbocycles. The summed E-state index contributed by atoms with van der Waals surface area (Å²) in [7, 11) is 0. The molecule has 0 spiro atoms. The van der Waals surface area contributed by atoms with Crippen molar-refractivity contribution >= 4 is 18.0 Å². The third-order valence-corrected chi connectivity index (χ3v) is 5.41. The van der Waals surface area contributed by atoms with Crippen molar-refractivity contribution in [2.45, 2.75) is 108 Å². The molecule has 0 N–H and O–H groups in total. The first kappa shape index (κ1) is 37.4. The van der Waals surface area contributed by atoms with Gasteiger partial charge in [0.15, 0.2) is 0 Å². The Morgan fingerprint density at radius 1 is 0.763 bits per heavy atom. The number of hydrogen-bond donors (Lipinski definition) is 0. The second-order valence-corrected chi connectivity index (χ2v) is 11.5. The summed E-state index contributed by atoms with van der Waals surface area (Å²) in [5.41, 5.74) is 7.22. The number of allylic oxidation sites excluding steroid dienone is 6. The molecule has 2 rings (SSSR count). The minimum Gasteiger partial charge on any atom is -0.556 e. The van der Waals surface area contributed by atoms with Crippen LogP contribution in [0.15, 0.2) is 85.5 Å². The molecule has 38 heavy (non-hydrogen) atoms. The minimum absolute atomic E-state index is 0.0183. The molecule has 0 saturated heterocycles. The Hall–Kier alpha value is -2.74. The Labute approximate surface area is 237 Å². The Morgan fingerprint density at radius 2 is 1.24 bits per heavy atom. The molecule has 0 bridgehead atoms. The average molecular weight is 517 g/mol. The van der Waals surface area contributed by atoms with Crippen molar-refractivity contribution in [3.8, 4) is 5.75 Å². The van der Waals surface area contributed by atoms with E-state index in [-0.39, 0.29) is 17.7 Å². The van der Waals surface area contributed by atoms with E-state index in [2.05, 4.69) is 104 Å². The van der Waals surface area contributed by atoms with E-state index in [9.17, 15) is 0 Å². The molecule has 0 aliphatic heterocycles. The predicted molar refractivity (Wildman–Crippen MR) is 178 cm³/mol. The number of rotatable bonds is 5. The van der Waals surface area contributed by atoms with Gasteiger partial charge in [0.2, 0.25) is 0 Å². The van der Waals surface area contributed by atoms with Gasteiger partial charge in [-0.25, -0.2) is 0 Å². The normalized spacial score (nSPS) is 10.9. The maximum absolute atomic E-state index is 6.44. The fourth-order valence-electron chi connectivity index (χ4n) is 3.21. The first-order chi connectivity index (χ1) is 17.6. The first-order valence-electron chi connectivity index (χ1n) is 14.0. The Balaban J connectivity index is 0. The number of hydrogen-bond acceptors (Lipinski definition) is 1. The van der Waals surface area contributed by atoms with Gasteiger partial charge in [-0.15, -0.1) is 6.58 Å². The van der Waals surface area contributed by atoms with E-state index in [1.807, 2.05) is 72.8 Å². The molecule has 2 heteroatoms. The van der Waals surface area contributed by atoms with Gasteiger partial charge in [-0.2, -0.15) is 0 Å². The summed E-state index contributed by atoms with van der Waals surface area (Å²) < 4.78 is 6.44. The fraction of sp³-hybridized carbons (Fsp3) is 0.444. The fourth-order valence-corrected chi connectivity index (χ4v) is 3.21.